The number of rotatable bonds is 2. The minimum Gasteiger partial charge on any atom is -0.444 e. The highest BCUT2D eigenvalue weighted by atomic mass is 35.5. The van der Waals surface area contributed by atoms with Crippen LogP contribution >= 0.6 is 23.2 Å². The zero-order chi connectivity index (χ0) is 24.8. The fraction of sp³-hybridized carbons (Fsp3) is 0.417. The topological polar surface area (TPSA) is 84.2 Å². The highest BCUT2D eigenvalue weighted by Crippen LogP contribution is 2.36. The Bertz CT molecular complexity index is 1260. The maximum atomic E-state index is 13.2. The number of hydrogen-bond acceptors (Lipinski definition) is 5. The highest BCUT2D eigenvalue weighted by Gasteiger charge is 2.29. The molecule has 1 aromatic carbocycles. The number of aliphatic imine (C=N–C) groups is 1. The van der Waals surface area contributed by atoms with Crippen molar-refractivity contribution in [2.24, 2.45) is 12.0 Å². The summed E-state index contributed by atoms with van der Waals surface area (Å²) in [6.45, 7) is 7.23. The molecule has 1 aromatic heterocycles. The monoisotopic (exact) mass is 504 g/mol. The number of carbonyl (C=O) groups excluding carboxylic acids is 2. The molecule has 180 valence electrons. The quantitative estimate of drug-likeness (QED) is 0.618. The van der Waals surface area contributed by atoms with Crippen LogP contribution in [0.15, 0.2) is 28.1 Å². The molecule has 0 unspecified atom stereocenters. The molecule has 2 aliphatic rings. The molecule has 10 heteroatoms. The van der Waals surface area contributed by atoms with Crippen molar-refractivity contribution in [3.8, 4) is 11.1 Å². The van der Waals surface area contributed by atoms with E-state index in [1.54, 1.807) is 41.4 Å². The van der Waals surface area contributed by atoms with Gasteiger partial charge in [0.15, 0.2) is 0 Å². The second kappa shape index (κ2) is 9.07. The third-order valence-electron chi connectivity index (χ3n) is 5.78. The second-order valence-electron chi connectivity index (χ2n) is 9.39. The van der Waals surface area contributed by atoms with Gasteiger partial charge in [0.1, 0.15) is 5.60 Å². The van der Waals surface area contributed by atoms with Crippen LogP contribution in [0.3, 0.4) is 0 Å². The van der Waals surface area contributed by atoms with Gasteiger partial charge in [-0.2, -0.15) is 0 Å². The molecule has 0 radical (unpaired) electrons. The smallest absolute Gasteiger partial charge is 0.410 e. The molecule has 4 rings (SSSR count). The van der Waals surface area contributed by atoms with Gasteiger partial charge in [-0.15, -0.1) is 0 Å². The number of hydrogen-bond donors (Lipinski definition) is 0. The average molecular weight is 505 g/mol. The summed E-state index contributed by atoms with van der Waals surface area (Å²) in [7, 11) is 1.68. The molecular formula is C24H26Cl2N4O4. The largest absolute Gasteiger partial charge is 0.444 e. The highest BCUT2D eigenvalue weighted by molar-refractivity contribution is 6.37. The van der Waals surface area contributed by atoms with Crippen molar-refractivity contribution in [1.29, 1.82) is 0 Å². The van der Waals surface area contributed by atoms with Crippen molar-refractivity contribution < 1.29 is 14.3 Å². The van der Waals surface area contributed by atoms with Gasteiger partial charge in [0.2, 0.25) is 0 Å². The van der Waals surface area contributed by atoms with Crippen LogP contribution in [0.5, 0.6) is 0 Å². The Morgan fingerprint density at radius 1 is 1.00 bits per heavy atom. The maximum absolute atomic E-state index is 13.2. The molecule has 0 spiro atoms. The summed E-state index contributed by atoms with van der Waals surface area (Å²) < 4.78 is 6.91. The van der Waals surface area contributed by atoms with E-state index in [9.17, 15) is 14.4 Å². The second-order valence-corrected chi connectivity index (χ2v) is 10.2. The predicted molar refractivity (Wildman–Crippen MR) is 132 cm³/mol. The van der Waals surface area contributed by atoms with Crippen molar-refractivity contribution in [2.75, 3.05) is 26.2 Å². The summed E-state index contributed by atoms with van der Waals surface area (Å²) in [4.78, 5) is 45.3. The van der Waals surface area contributed by atoms with Gasteiger partial charge in [-0.1, -0.05) is 23.2 Å². The number of amides is 2. The molecule has 0 bridgehead atoms. The molecular weight excluding hydrogens is 479 g/mol. The van der Waals surface area contributed by atoms with E-state index in [1.807, 2.05) is 20.8 Å². The van der Waals surface area contributed by atoms with Gasteiger partial charge in [-0.05, 0) is 32.9 Å². The van der Waals surface area contributed by atoms with Gasteiger partial charge in [0.25, 0.3) is 11.5 Å². The minimum absolute atomic E-state index is 0.101. The Kier molecular flexibility index (Phi) is 6.48. The van der Waals surface area contributed by atoms with Crippen LogP contribution in [0, 0.1) is 0 Å². The van der Waals surface area contributed by atoms with Crippen LogP contribution in [0.1, 0.15) is 42.3 Å². The lowest BCUT2D eigenvalue weighted by molar-refractivity contribution is 0.0141. The number of fused-ring (bicyclic) bond motifs is 1. The Morgan fingerprint density at radius 2 is 1.65 bits per heavy atom. The van der Waals surface area contributed by atoms with E-state index in [1.165, 1.54) is 4.57 Å². The molecule has 3 heterocycles. The number of halogens is 2. The first-order valence-corrected chi connectivity index (χ1v) is 11.7. The molecule has 1 fully saturated rings. The zero-order valence-corrected chi connectivity index (χ0v) is 21.0. The number of carbonyl (C=O) groups is 2. The predicted octanol–water partition coefficient (Wildman–Crippen LogP) is 3.98. The maximum Gasteiger partial charge on any atom is 0.410 e. The summed E-state index contributed by atoms with van der Waals surface area (Å²) in [5.41, 5.74) is 2.29. The summed E-state index contributed by atoms with van der Waals surface area (Å²) in [5, 5.41) is 0.609. The fourth-order valence-electron chi connectivity index (χ4n) is 4.06. The molecule has 0 N–H and O–H groups in total. The van der Waals surface area contributed by atoms with Crippen LogP contribution < -0.4 is 5.56 Å². The Hall–Kier alpha value is -2.84. The fourth-order valence-corrected chi connectivity index (χ4v) is 4.57. The summed E-state index contributed by atoms with van der Waals surface area (Å²) in [6, 6.07) is 3.21. The molecule has 1 saturated heterocycles. The number of ether oxygens (including phenoxy) is 1. The van der Waals surface area contributed by atoms with Gasteiger partial charge >= 0.3 is 6.09 Å². The number of aromatic nitrogens is 1. The zero-order valence-electron chi connectivity index (χ0n) is 19.5. The molecule has 0 atom stereocenters. The van der Waals surface area contributed by atoms with Crippen molar-refractivity contribution >= 4 is 41.4 Å². The third kappa shape index (κ3) is 4.70. The number of aryl methyl sites for hydroxylation is 1. The van der Waals surface area contributed by atoms with Crippen molar-refractivity contribution in [1.82, 2.24) is 14.4 Å². The Balaban J connectivity index is 1.55. The van der Waals surface area contributed by atoms with Gasteiger partial charge in [0, 0.05) is 72.9 Å². The van der Waals surface area contributed by atoms with E-state index in [-0.39, 0.29) is 22.1 Å². The molecule has 2 amide bonds. The molecule has 0 aliphatic carbocycles. The molecule has 0 saturated carbocycles. The van der Waals surface area contributed by atoms with E-state index in [0.29, 0.717) is 48.9 Å². The van der Waals surface area contributed by atoms with Crippen LogP contribution in [0.25, 0.3) is 11.1 Å². The SMILES string of the molecule is Cn1cc(-c2cc(Cl)c(C(=O)N3CCN(C(=O)OC(C)(C)C)CC3)cc2Cl)c2c(c1=O)CN=C2. The minimum atomic E-state index is -0.576. The van der Waals surface area contributed by atoms with Crippen molar-refractivity contribution in [2.45, 2.75) is 32.9 Å². The average Bonchev–Trinajstić information content (AvgIpc) is 3.26. The van der Waals surface area contributed by atoms with E-state index in [2.05, 4.69) is 4.99 Å². The van der Waals surface area contributed by atoms with Crippen LogP contribution in [-0.4, -0.2) is 64.4 Å². The Labute approximate surface area is 207 Å². The van der Waals surface area contributed by atoms with E-state index in [4.69, 9.17) is 27.9 Å². The third-order valence-corrected chi connectivity index (χ3v) is 6.41. The first-order valence-electron chi connectivity index (χ1n) is 10.9. The molecule has 2 aromatic rings. The number of piperazine rings is 1. The lowest BCUT2D eigenvalue weighted by atomic mass is 9.98. The van der Waals surface area contributed by atoms with Crippen LogP contribution in [0.4, 0.5) is 4.79 Å². The Morgan fingerprint density at radius 3 is 2.29 bits per heavy atom. The van der Waals surface area contributed by atoms with Crippen molar-refractivity contribution in [3.63, 3.8) is 0 Å². The number of nitrogens with zero attached hydrogens (tertiary/aromatic N) is 4. The normalized spacial score (nSPS) is 15.5. The number of benzene rings is 1. The summed E-state index contributed by atoms with van der Waals surface area (Å²) >= 11 is 13.2. The van der Waals surface area contributed by atoms with Crippen LogP contribution in [-0.2, 0) is 18.3 Å². The standard InChI is InChI=1S/C24H26Cl2N4O4/c1-24(2,3)34-23(33)30-7-5-29(6-8-30)22(32)15-10-19(25)14(9-20(15)26)18-13-28(4)21(31)17-12-27-11-16(17)18/h9-11,13H,5-8,12H2,1-4H3. The molecule has 34 heavy (non-hydrogen) atoms. The first-order chi connectivity index (χ1) is 16.0. The molecule has 2 aliphatic heterocycles. The summed E-state index contributed by atoms with van der Waals surface area (Å²) in [5.74, 6) is -0.255. The van der Waals surface area contributed by atoms with Gasteiger partial charge < -0.3 is 19.1 Å². The van der Waals surface area contributed by atoms with E-state index in [0.717, 1.165) is 11.1 Å². The first kappa shape index (κ1) is 24.3. The van der Waals surface area contributed by atoms with Crippen LogP contribution in [0.2, 0.25) is 10.0 Å². The van der Waals surface area contributed by atoms with Gasteiger partial charge in [-0.25, -0.2) is 4.79 Å². The summed E-state index contributed by atoms with van der Waals surface area (Å²) in [6.07, 6.45) is 2.98. The lowest BCUT2D eigenvalue weighted by Gasteiger charge is -2.35. The molecule has 8 nitrogen and oxygen atoms in total. The van der Waals surface area contributed by atoms with E-state index < -0.39 is 11.7 Å². The van der Waals surface area contributed by atoms with E-state index >= 15 is 0 Å². The number of pyridine rings is 1. The van der Waals surface area contributed by atoms with Gasteiger partial charge in [-0.3, -0.25) is 14.6 Å². The lowest BCUT2D eigenvalue weighted by Crippen LogP contribution is -2.51. The van der Waals surface area contributed by atoms with Gasteiger partial charge in [0.05, 0.1) is 17.1 Å². The van der Waals surface area contributed by atoms with Crippen molar-refractivity contribution in [3.05, 3.63) is 55.4 Å².